The molecule has 1 fully saturated rings. The van der Waals surface area contributed by atoms with E-state index in [1.165, 1.54) is 12.8 Å². The molecule has 1 aliphatic heterocycles. The number of aliphatic hydroxyl groups is 1. The molecule has 1 aliphatic rings. The quantitative estimate of drug-likeness (QED) is 0.596. The predicted molar refractivity (Wildman–Crippen MR) is 59.4 cm³/mol. The van der Waals surface area contributed by atoms with Crippen LogP contribution in [-0.4, -0.2) is 36.4 Å². The van der Waals surface area contributed by atoms with Crippen LogP contribution in [0.2, 0.25) is 0 Å². The van der Waals surface area contributed by atoms with Gasteiger partial charge in [-0.25, -0.2) is 0 Å². The smallest absolute Gasteiger partial charge is 0.0448 e. The Hall–Kier alpha value is -0.120. The normalized spacial score (nSPS) is 26.4. The third-order valence-electron chi connectivity index (χ3n) is 3.38. The lowest BCUT2D eigenvalue weighted by Gasteiger charge is -2.30. The lowest BCUT2D eigenvalue weighted by atomic mass is 9.94. The Labute approximate surface area is 87.3 Å². The van der Waals surface area contributed by atoms with Crippen LogP contribution < -0.4 is 10.6 Å². The van der Waals surface area contributed by atoms with Crippen molar-refractivity contribution in [2.24, 2.45) is 0 Å². The van der Waals surface area contributed by atoms with Gasteiger partial charge < -0.3 is 15.7 Å². The van der Waals surface area contributed by atoms with Crippen molar-refractivity contribution >= 4 is 0 Å². The average Bonchev–Trinajstić information content (AvgIpc) is 2.68. The molecule has 0 aromatic rings. The SMILES string of the molecule is CCC(C)(CCO)NCC1CCCN1. The van der Waals surface area contributed by atoms with Crippen LogP contribution in [0.15, 0.2) is 0 Å². The first-order chi connectivity index (χ1) is 6.70. The molecule has 3 nitrogen and oxygen atoms in total. The van der Waals surface area contributed by atoms with Crippen LogP contribution in [0.1, 0.15) is 39.5 Å². The minimum Gasteiger partial charge on any atom is -0.396 e. The van der Waals surface area contributed by atoms with Crippen LogP contribution in [0.4, 0.5) is 0 Å². The second-order valence-electron chi connectivity index (χ2n) is 4.56. The molecule has 84 valence electrons. The summed E-state index contributed by atoms with van der Waals surface area (Å²) in [4.78, 5) is 0. The summed E-state index contributed by atoms with van der Waals surface area (Å²) in [7, 11) is 0. The summed E-state index contributed by atoms with van der Waals surface area (Å²) in [5, 5.41) is 16.0. The van der Waals surface area contributed by atoms with E-state index in [-0.39, 0.29) is 12.1 Å². The summed E-state index contributed by atoms with van der Waals surface area (Å²) in [5.74, 6) is 0. The summed E-state index contributed by atoms with van der Waals surface area (Å²) in [6.07, 6.45) is 4.50. The predicted octanol–water partition coefficient (Wildman–Crippen LogP) is 0.879. The van der Waals surface area contributed by atoms with E-state index in [1.54, 1.807) is 0 Å². The first-order valence-corrected chi connectivity index (χ1v) is 5.79. The van der Waals surface area contributed by atoms with Gasteiger partial charge in [0.25, 0.3) is 0 Å². The highest BCUT2D eigenvalue weighted by molar-refractivity contribution is 4.85. The molecular formula is C11H24N2O. The summed E-state index contributed by atoms with van der Waals surface area (Å²) in [5.41, 5.74) is 0.110. The minimum atomic E-state index is 0.110. The topological polar surface area (TPSA) is 44.3 Å². The Morgan fingerprint density at radius 1 is 1.57 bits per heavy atom. The van der Waals surface area contributed by atoms with E-state index in [0.717, 1.165) is 25.9 Å². The van der Waals surface area contributed by atoms with Crippen molar-refractivity contribution in [1.82, 2.24) is 10.6 Å². The number of nitrogens with one attached hydrogen (secondary N) is 2. The third-order valence-corrected chi connectivity index (χ3v) is 3.38. The van der Waals surface area contributed by atoms with Crippen LogP contribution in [0, 0.1) is 0 Å². The number of aliphatic hydroxyl groups excluding tert-OH is 1. The molecule has 1 heterocycles. The monoisotopic (exact) mass is 200 g/mol. The van der Waals surface area contributed by atoms with Crippen molar-refractivity contribution in [1.29, 1.82) is 0 Å². The first-order valence-electron chi connectivity index (χ1n) is 5.79. The van der Waals surface area contributed by atoms with Gasteiger partial charge in [0.15, 0.2) is 0 Å². The van der Waals surface area contributed by atoms with Gasteiger partial charge >= 0.3 is 0 Å². The van der Waals surface area contributed by atoms with E-state index >= 15 is 0 Å². The van der Waals surface area contributed by atoms with Gasteiger partial charge in [0.2, 0.25) is 0 Å². The lowest BCUT2D eigenvalue weighted by molar-refractivity contribution is 0.212. The standard InChI is InChI=1S/C11H24N2O/c1-3-11(2,6-8-14)13-9-10-5-4-7-12-10/h10,12-14H,3-9H2,1-2H3. The molecule has 1 rings (SSSR count). The van der Waals surface area contributed by atoms with Gasteiger partial charge in [-0.3, -0.25) is 0 Å². The van der Waals surface area contributed by atoms with Gasteiger partial charge in [-0.05, 0) is 39.2 Å². The van der Waals surface area contributed by atoms with E-state index in [1.807, 2.05) is 0 Å². The highest BCUT2D eigenvalue weighted by atomic mass is 16.3. The molecule has 0 radical (unpaired) electrons. The number of hydrogen-bond donors (Lipinski definition) is 3. The Morgan fingerprint density at radius 2 is 2.36 bits per heavy atom. The Kier molecular flexibility index (Phi) is 4.85. The fourth-order valence-corrected chi connectivity index (χ4v) is 1.94. The number of hydrogen-bond acceptors (Lipinski definition) is 3. The molecule has 0 aromatic heterocycles. The van der Waals surface area contributed by atoms with Crippen molar-refractivity contribution in [3.8, 4) is 0 Å². The van der Waals surface area contributed by atoms with E-state index in [9.17, 15) is 0 Å². The number of rotatable bonds is 6. The second kappa shape index (κ2) is 5.69. The Bertz CT molecular complexity index is 157. The van der Waals surface area contributed by atoms with Gasteiger partial charge in [0, 0.05) is 24.7 Å². The molecule has 2 atom stereocenters. The van der Waals surface area contributed by atoms with Gasteiger partial charge in [0.05, 0.1) is 0 Å². The molecule has 14 heavy (non-hydrogen) atoms. The van der Waals surface area contributed by atoms with Gasteiger partial charge in [-0.2, -0.15) is 0 Å². The van der Waals surface area contributed by atoms with E-state index in [0.29, 0.717) is 6.04 Å². The molecule has 2 unspecified atom stereocenters. The molecule has 0 saturated carbocycles. The highest BCUT2D eigenvalue weighted by Gasteiger charge is 2.23. The minimum absolute atomic E-state index is 0.110. The second-order valence-corrected chi connectivity index (χ2v) is 4.56. The molecule has 0 aliphatic carbocycles. The molecular weight excluding hydrogens is 176 g/mol. The molecule has 0 spiro atoms. The van der Waals surface area contributed by atoms with Crippen LogP contribution in [0.3, 0.4) is 0 Å². The summed E-state index contributed by atoms with van der Waals surface area (Å²) >= 11 is 0. The fourth-order valence-electron chi connectivity index (χ4n) is 1.94. The lowest BCUT2D eigenvalue weighted by Crippen LogP contribution is -2.47. The van der Waals surface area contributed by atoms with Crippen LogP contribution in [0.5, 0.6) is 0 Å². The summed E-state index contributed by atoms with van der Waals surface area (Å²) in [6, 6.07) is 0.638. The fraction of sp³-hybridized carbons (Fsp3) is 1.00. The molecule has 0 amide bonds. The highest BCUT2D eigenvalue weighted by Crippen LogP contribution is 2.14. The maximum atomic E-state index is 8.97. The van der Waals surface area contributed by atoms with E-state index in [4.69, 9.17) is 5.11 Å². The van der Waals surface area contributed by atoms with Crippen molar-refractivity contribution in [3.05, 3.63) is 0 Å². The average molecular weight is 200 g/mol. The van der Waals surface area contributed by atoms with Crippen LogP contribution >= 0.6 is 0 Å². The largest absolute Gasteiger partial charge is 0.396 e. The Morgan fingerprint density at radius 3 is 2.86 bits per heavy atom. The first kappa shape index (κ1) is 12.0. The molecule has 0 aromatic carbocycles. The zero-order valence-electron chi connectivity index (χ0n) is 9.47. The summed E-state index contributed by atoms with van der Waals surface area (Å²) < 4.78 is 0. The molecule has 1 saturated heterocycles. The van der Waals surface area contributed by atoms with E-state index < -0.39 is 0 Å². The van der Waals surface area contributed by atoms with E-state index in [2.05, 4.69) is 24.5 Å². The zero-order chi connectivity index (χ0) is 10.4. The van der Waals surface area contributed by atoms with Gasteiger partial charge in [-0.15, -0.1) is 0 Å². The van der Waals surface area contributed by atoms with Crippen molar-refractivity contribution in [2.75, 3.05) is 19.7 Å². The molecule has 0 bridgehead atoms. The van der Waals surface area contributed by atoms with Crippen LogP contribution in [-0.2, 0) is 0 Å². The molecule has 3 heteroatoms. The third kappa shape index (κ3) is 3.56. The van der Waals surface area contributed by atoms with Gasteiger partial charge in [0.1, 0.15) is 0 Å². The van der Waals surface area contributed by atoms with Crippen molar-refractivity contribution in [3.63, 3.8) is 0 Å². The maximum Gasteiger partial charge on any atom is 0.0448 e. The molecule has 3 N–H and O–H groups in total. The van der Waals surface area contributed by atoms with Crippen molar-refractivity contribution < 1.29 is 5.11 Å². The Balaban J connectivity index is 2.25. The van der Waals surface area contributed by atoms with Crippen molar-refractivity contribution in [2.45, 2.75) is 51.1 Å². The van der Waals surface area contributed by atoms with Gasteiger partial charge in [-0.1, -0.05) is 6.92 Å². The summed E-state index contributed by atoms with van der Waals surface area (Å²) in [6.45, 7) is 6.83. The van der Waals surface area contributed by atoms with Crippen LogP contribution in [0.25, 0.3) is 0 Å². The maximum absolute atomic E-state index is 8.97. The zero-order valence-corrected chi connectivity index (χ0v) is 9.47.